The van der Waals surface area contributed by atoms with Crippen molar-refractivity contribution >= 4 is 8.96 Å². The van der Waals surface area contributed by atoms with Crippen LogP contribution in [0.3, 0.4) is 0 Å². The summed E-state index contributed by atoms with van der Waals surface area (Å²) in [6.07, 6.45) is 1.23. The molecular formula is C5H16N2Si. The van der Waals surface area contributed by atoms with Gasteiger partial charge in [-0.2, -0.15) is 0 Å². The fourth-order valence-corrected chi connectivity index (χ4v) is 2.19. The molecule has 0 aliphatic heterocycles. The van der Waals surface area contributed by atoms with Crippen LogP contribution in [0.15, 0.2) is 0 Å². The van der Waals surface area contributed by atoms with Gasteiger partial charge in [0.15, 0.2) is 0 Å². The van der Waals surface area contributed by atoms with Crippen LogP contribution in [0.4, 0.5) is 0 Å². The maximum absolute atomic E-state index is 5.75. The zero-order valence-corrected chi connectivity index (χ0v) is 6.72. The Morgan fingerprint density at radius 1 is 1.38 bits per heavy atom. The smallest absolute Gasteiger partial charge is 0.107 e. The van der Waals surface area contributed by atoms with Crippen LogP contribution in [0.25, 0.3) is 0 Å². The molecule has 0 aliphatic rings. The van der Waals surface area contributed by atoms with Crippen molar-refractivity contribution in [2.24, 2.45) is 11.1 Å². The van der Waals surface area contributed by atoms with Crippen molar-refractivity contribution in [2.75, 3.05) is 6.54 Å². The predicted molar refractivity (Wildman–Crippen MR) is 40.3 cm³/mol. The number of rotatable bonds is 4. The molecule has 0 radical (unpaired) electrons. The van der Waals surface area contributed by atoms with Crippen LogP contribution in [0.2, 0.25) is 12.1 Å². The van der Waals surface area contributed by atoms with Gasteiger partial charge in [0.1, 0.15) is 8.96 Å². The summed E-state index contributed by atoms with van der Waals surface area (Å²) in [6.45, 7) is 2.96. The van der Waals surface area contributed by atoms with Crippen LogP contribution in [-0.2, 0) is 0 Å². The molecule has 1 unspecified atom stereocenters. The van der Waals surface area contributed by atoms with Gasteiger partial charge in [0, 0.05) is 0 Å². The van der Waals surface area contributed by atoms with Crippen molar-refractivity contribution in [3.63, 3.8) is 0 Å². The van der Waals surface area contributed by atoms with Crippen molar-refractivity contribution in [1.29, 1.82) is 0 Å². The van der Waals surface area contributed by atoms with E-state index in [2.05, 4.69) is 6.92 Å². The Morgan fingerprint density at radius 3 is 2.38 bits per heavy atom. The largest absolute Gasteiger partial charge is 0.353 e. The summed E-state index contributed by atoms with van der Waals surface area (Å²) in [7, 11) is -0.827. The lowest BCUT2D eigenvalue weighted by Gasteiger charge is -2.03. The van der Waals surface area contributed by atoms with Crippen LogP contribution in [0.1, 0.15) is 13.3 Å². The third-order valence-corrected chi connectivity index (χ3v) is 3.59. The molecule has 4 N–H and O–H groups in total. The van der Waals surface area contributed by atoms with Gasteiger partial charge in [-0.05, 0) is 18.6 Å². The Bertz CT molecular complexity index is 43.7. The zero-order chi connectivity index (χ0) is 6.41. The molecule has 0 saturated carbocycles. The lowest BCUT2D eigenvalue weighted by molar-refractivity contribution is 1.02. The van der Waals surface area contributed by atoms with E-state index in [-0.39, 0.29) is 0 Å². The van der Waals surface area contributed by atoms with Gasteiger partial charge in [-0.1, -0.05) is 13.3 Å². The Hall–Kier alpha value is 0.137. The molecular weight excluding hydrogens is 116 g/mol. The average molecular weight is 132 g/mol. The molecule has 2 nitrogen and oxygen atoms in total. The molecule has 0 aromatic heterocycles. The monoisotopic (exact) mass is 132 g/mol. The highest BCUT2D eigenvalue weighted by molar-refractivity contribution is 6.55. The first-order chi connectivity index (χ1) is 3.81. The number of nitrogens with two attached hydrogens (primary N) is 2. The van der Waals surface area contributed by atoms with E-state index < -0.39 is 8.96 Å². The lowest BCUT2D eigenvalue weighted by atomic mass is 10.6. The van der Waals surface area contributed by atoms with Gasteiger partial charge in [0.25, 0.3) is 0 Å². The molecule has 1 atom stereocenters. The highest BCUT2D eigenvalue weighted by atomic mass is 28.3. The van der Waals surface area contributed by atoms with Gasteiger partial charge in [0.2, 0.25) is 0 Å². The van der Waals surface area contributed by atoms with Crippen molar-refractivity contribution < 1.29 is 0 Å². The maximum atomic E-state index is 5.75. The van der Waals surface area contributed by atoms with Crippen LogP contribution in [0.5, 0.6) is 0 Å². The van der Waals surface area contributed by atoms with Crippen molar-refractivity contribution in [3.8, 4) is 0 Å². The highest BCUT2D eigenvalue weighted by Gasteiger charge is 1.99. The van der Waals surface area contributed by atoms with Gasteiger partial charge in [0.05, 0.1) is 0 Å². The summed E-state index contributed by atoms with van der Waals surface area (Å²) in [6, 6.07) is 2.35. The molecule has 0 bridgehead atoms. The third-order valence-electron chi connectivity index (χ3n) is 1.20. The quantitative estimate of drug-likeness (QED) is 0.531. The fraction of sp³-hybridized carbons (Fsp3) is 1.00. The topological polar surface area (TPSA) is 52.0 Å². The van der Waals surface area contributed by atoms with E-state index in [9.17, 15) is 0 Å². The first kappa shape index (κ1) is 8.14. The molecule has 0 aliphatic carbocycles. The molecule has 0 heterocycles. The molecule has 0 aromatic carbocycles. The van der Waals surface area contributed by atoms with Crippen LogP contribution in [0, 0.1) is 0 Å². The second kappa shape index (κ2) is 5.28. The van der Waals surface area contributed by atoms with E-state index >= 15 is 0 Å². The Balaban J connectivity index is 2.92. The van der Waals surface area contributed by atoms with E-state index in [1.165, 1.54) is 12.5 Å². The molecule has 0 fully saturated rings. The molecule has 0 saturated heterocycles. The van der Waals surface area contributed by atoms with Crippen molar-refractivity contribution in [3.05, 3.63) is 0 Å². The standard InChI is InChI=1S/C5H16N2Si/c1-2-4-8(7)5-3-6/h8H,2-7H2,1H3. The second-order valence-electron chi connectivity index (χ2n) is 2.13. The van der Waals surface area contributed by atoms with Crippen LogP contribution < -0.4 is 11.1 Å². The maximum Gasteiger partial charge on any atom is 0.107 e. The van der Waals surface area contributed by atoms with Crippen molar-refractivity contribution in [1.82, 2.24) is 0 Å². The van der Waals surface area contributed by atoms with Gasteiger partial charge in [-0.3, -0.25) is 0 Å². The van der Waals surface area contributed by atoms with Crippen LogP contribution >= 0.6 is 0 Å². The predicted octanol–water partition coefficient (Wildman–Crippen LogP) is 0.0376. The second-order valence-corrected chi connectivity index (χ2v) is 4.80. The summed E-state index contributed by atoms with van der Waals surface area (Å²) in [5.41, 5.74) is 5.31. The van der Waals surface area contributed by atoms with E-state index in [1.807, 2.05) is 0 Å². The minimum absolute atomic E-state index is 0.785. The molecule has 0 aromatic rings. The molecule has 0 rings (SSSR count). The molecule has 0 amide bonds. The van der Waals surface area contributed by atoms with E-state index in [0.29, 0.717) is 0 Å². The SMILES string of the molecule is CCC[SiH](N)CCN. The zero-order valence-electron chi connectivity index (χ0n) is 5.56. The highest BCUT2D eigenvalue weighted by Crippen LogP contribution is 1.93. The molecule has 8 heavy (non-hydrogen) atoms. The molecule has 50 valence electrons. The molecule has 3 heteroatoms. The van der Waals surface area contributed by atoms with Gasteiger partial charge < -0.3 is 11.1 Å². The summed E-state index contributed by atoms with van der Waals surface area (Å²) in [5, 5.41) is 5.75. The number of hydrogen-bond acceptors (Lipinski definition) is 2. The van der Waals surface area contributed by atoms with E-state index in [4.69, 9.17) is 11.1 Å². The Labute approximate surface area is 52.9 Å². The lowest BCUT2D eigenvalue weighted by Crippen LogP contribution is -2.27. The van der Waals surface area contributed by atoms with E-state index in [1.54, 1.807) is 0 Å². The number of hydrogen-bond donors (Lipinski definition) is 2. The average Bonchev–Trinajstić information content (AvgIpc) is 1.68. The summed E-state index contributed by atoms with van der Waals surface area (Å²) >= 11 is 0. The summed E-state index contributed by atoms with van der Waals surface area (Å²) < 4.78 is 0. The molecule has 0 spiro atoms. The fourth-order valence-electron chi connectivity index (χ4n) is 0.729. The Morgan fingerprint density at radius 2 is 2.00 bits per heavy atom. The van der Waals surface area contributed by atoms with E-state index in [0.717, 1.165) is 12.6 Å². The van der Waals surface area contributed by atoms with Crippen LogP contribution in [-0.4, -0.2) is 15.5 Å². The summed E-state index contributed by atoms with van der Waals surface area (Å²) in [4.78, 5) is 0. The first-order valence-corrected chi connectivity index (χ1v) is 5.56. The third kappa shape index (κ3) is 4.30. The first-order valence-electron chi connectivity index (χ1n) is 3.27. The van der Waals surface area contributed by atoms with Crippen molar-refractivity contribution in [2.45, 2.75) is 25.4 Å². The van der Waals surface area contributed by atoms with Gasteiger partial charge >= 0.3 is 0 Å². The minimum Gasteiger partial charge on any atom is -0.353 e. The van der Waals surface area contributed by atoms with Gasteiger partial charge in [-0.15, -0.1) is 0 Å². The Kier molecular flexibility index (Phi) is 5.37. The summed E-state index contributed by atoms with van der Waals surface area (Å²) in [5.74, 6) is 0. The minimum atomic E-state index is -0.827. The van der Waals surface area contributed by atoms with Gasteiger partial charge in [-0.25, -0.2) is 0 Å². The normalized spacial score (nSPS) is 13.9.